The molecule has 0 bridgehead atoms. The molecule has 0 fully saturated rings. The van der Waals surface area contributed by atoms with Gasteiger partial charge in [-0.1, -0.05) is 29.7 Å². The van der Waals surface area contributed by atoms with E-state index in [0.29, 0.717) is 5.46 Å². The van der Waals surface area contributed by atoms with Crippen LogP contribution < -0.4 is 8.99 Å². The molecule has 0 saturated carbocycles. The van der Waals surface area contributed by atoms with E-state index in [2.05, 4.69) is 18.8 Å². The molecule has 2 radical (unpaired) electrons. The third-order valence-electron chi connectivity index (χ3n) is 2.25. The lowest BCUT2D eigenvalue weighted by molar-refractivity contribution is -0.114. The Balaban J connectivity index is 2.98. The van der Waals surface area contributed by atoms with Crippen LogP contribution in [0.1, 0.15) is 5.56 Å². The number of nitrogens with one attached hydrogen (secondary N) is 2. The van der Waals surface area contributed by atoms with Crippen molar-refractivity contribution >= 4 is 47.9 Å². The second kappa shape index (κ2) is 8.30. The summed E-state index contributed by atoms with van der Waals surface area (Å²) in [7, 11) is 5.56. The van der Waals surface area contributed by atoms with Gasteiger partial charge < -0.3 is 0 Å². The van der Waals surface area contributed by atoms with E-state index < -0.39 is 5.91 Å². The summed E-state index contributed by atoms with van der Waals surface area (Å²) in [5.74, 6) is -0.771. The van der Waals surface area contributed by atoms with Crippen molar-refractivity contribution in [1.82, 2.24) is 3.53 Å². The summed E-state index contributed by atoms with van der Waals surface area (Å²) in [5.41, 5.74) is 8.33. The number of rotatable bonds is 5. The molecule has 0 unspecified atom stereocenters. The Hall–Kier alpha value is -1.91. The molecule has 0 aromatic heterocycles. The van der Waals surface area contributed by atoms with Crippen LogP contribution in [-0.2, 0) is 11.3 Å². The van der Waals surface area contributed by atoms with E-state index in [1.54, 1.807) is 47.1 Å². The summed E-state index contributed by atoms with van der Waals surface area (Å²) >= 11 is 1.61. The summed E-state index contributed by atoms with van der Waals surface area (Å²) < 4.78 is 2.29. The predicted molar refractivity (Wildman–Crippen MR) is 84.2 cm³/mol. The van der Waals surface area contributed by atoms with Gasteiger partial charge in [-0.2, -0.15) is 0 Å². The Morgan fingerprint density at radius 3 is 2.55 bits per heavy atom. The largest absolute Gasteiger partial charge is 0.294 e. The Morgan fingerprint density at radius 2 is 2.05 bits per heavy atom. The lowest BCUT2D eigenvalue weighted by Gasteiger charge is -2.03. The first kappa shape index (κ1) is 16.2. The number of hydrogen-bond donors (Lipinski definition) is 2. The summed E-state index contributed by atoms with van der Waals surface area (Å²) in [5, 5.41) is 5.68. The first-order chi connectivity index (χ1) is 9.62. The van der Waals surface area contributed by atoms with Gasteiger partial charge in [0.15, 0.2) is 5.84 Å². The molecule has 100 valence electrons. The van der Waals surface area contributed by atoms with E-state index in [0.717, 1.165) is 11.8 Å². The smallest absolute Gasteiger partial charge is 0.265 e. The van der Waals surface area contributed by atoms with E-state index in [1.807, 2.05) is 0 Å². The molecule has 0 atom stereocenters. The molecule has 0 heterocycles. The molecule has 1 rings (SSSR count). The van der Waals surface area contributed by atoms with Crippen LogP contribution in [0.5, 0.6) is 0 Å². The molecule has 0 spiro atoms. The molecule has 1 aromatic rings. The maximum Gasteiger partial charge on any atom is 0.265 e. The number of nitrogens with zero attached hydrogens (tertiary/aromatic N) is 3. The van der Waals surface area contributed by atoms with Crippen LogP contribution in [0.4, 0.5) is 0 Å². The number of carbonyl (C=O) groups excluding carboxylic acids is 1. The van der Waals surface area contributed by atoms with E-state index in [-0.39, 0.29) is 18.0 Å². The number of nitroso groups, excluding NO2 is 1. The Morgan fingerprint density at radius 1 is 1.40 bits per heavy atom. The second-order valence-electron chi connectivity index (χ2n) is 3.57. The number of carbonyl (C=O) groups is 1. The lowest BCUT2D eigenvalue weighted by Crippen LogP contribution is -2.20. The van der Waals surface area contributed by atoms with Crippen molar-refractivity contribution < 1.29 is 4.79 Å². The normalized spacial score (nSPS) is 11.8. The monoisotopic (exact) mass is 381 g/mol. The Kier molecular flexibility index (Phi) is 6.70. The molecule has 0 saturated heterocycles. The summed E-state index contributed by atoms with van der Waals surface area (Å²) in [6.07, 6.45) is 0.772. The van der Waals surface area contributed by atoms with Gasteiger partial charge in [-0.15, -0.1) is 10.0 Å². The van der Waals surface area contributed by atoms with Crippen molar-refractivity contribution in [1.29, 1.82) is 5.53 Å². The third-order valence-corrected chi connectivity index (χ3v) is 2.74. The minimum absolute atomic E-state index is 0.167. The van der Waals surface area contributed by atoms with Gasteiger partial charge >= 0.3 is 0 Å². The zero-order valence-corrected chi connectivity index (χ0v) is 12.4. The fraction of sp³-hybridized carbons (Fsp3) is 0.0909. The van der Waals surface area contributed by atoms with Gasteiger partial charge in [0.05, 0.1) is 35.6 Å². The molecular formula is C11H9BIN5O2. The maximum atomic E-state index is 11.5. The van der Waals surface area contributed by atoms with Crippen LogP contribution in [0, 0.1) is 10.4 Å². The summed E-state index contributed by atoms with van der Waals surface area (Å²) in [6, 6.07) is 6.95. The van der Waals surface area contributed by atoms with Gasteiger partial charge in [0, 0.05) is 0 Å². The quantitative estimate of drug-likeness (QED) is 0.118. The van der Waals surface area contributed by atoms with Crippen molar-refractivity contribution in [3.63, 3.8) is 0 Å². The molecule has 0 aliphatic heterocycles. The minimum Gasteiger partial charge on any atom is -0.294 e. The molecule has 0 aliphatic rings. The molecule has 0 aliphatic carbocycles. The van der Waals surface area contributed by atoms with Crippen molar-refractivity contribution in [2.45, 2.75) is 6.54 Å². The van der Waals surface area contributed by atoms with Crippen LogP contribution in [-0.4, -0.2) is 19.6 Å². The minimum atomic E-state index is -0.600. The Bertz CT molecular complexity index is 571. The zero-order chi connectivity index (χ0) is 15.0. The van der Waals surface area contributed by atoms with Crippen molar-refractivity contribution in [3.8, 4) is 0 Å². The fourth-order valence-electron chi connectivity index (χ4n) is 1.29. The average Bonchev–Trinajstić information content (AvgIpc) is 2.47. The third kappa shape index (κ3) is 4.65. The Labute approximate surface area is 130 Å². The maximum absolute atomic E-state index is 11.5. The fourth-order valence-corrected chi connectivity index (χ4v) is 1.58. The molecular weight excluding hydrogens is 372 g/mol. The number of amidine groups is 1. The van der Waals surface area contributed by atoms with Crippen LogP contribution in [0.3, 0.4) is 0 Å². The first-order valence-electron chi connectivity index (χ1n) is 5.32. The number of hydrogen-bond acceptors (Lipinski definition) is 5. The molecule has 2 N–H and O–H groups in total. The van der Waals surface area contributed by atoms with Gasteiger partial charge in [0.1, 0.15) is 13.4 Å². The van der Waals surface area contributed by atoms with Crippen LogP contribution in [0.2, 0.25) is 0 Å². The predicted octanol–water partition coefficient (Wildman–Crippen LogP) is 1.53. The number of aliphatic imine (C=N–C) groups is 1. The van der Waals surface area contributed by atoms with E-state index in [1.165, 1.54) is 0 Å². The van der Waals surface area contributed by atoms with Gasteiger partial charge in [0.2, 0.25) is 0 Å². The van der Waals surface area contributed by atoms with E-state index >= 15 is 0 Å². The SMILES string of the molecule is [B]c1ccc(CN=C(N=N)/C(=C/N=O)C(=O)NI)cc1. The highest BCUT2D eigenvalue weighted by molar-refractivity contribution is 14.1. The second-order valence-corrected chi connectivity index (χ2v) is 4.10. The topological polar surface area (TPSA) is 107 Å². The molecule has 20 heavy (non-hydrogen) atoms. The molecule has 7 nitrogen and oxygen atoms in total. The molecule has 1 aromatic carbocycles. The van der Waals surface area contributed by atoms with E-state index in [9.17, 15) is 9.70 Å². The standard InChI is InChI=1S/C11H9BIN5O2/c12-8-3-1-7(2-4-8)5-15-10(18-14)9(6-16-20)11(19)17-13/h1-4,6,14H,5H2,(H,17,19)/b9-6-,15-10?,18-14?. The van der Waals surface area contributed by atoms with Crippen LogP contribution >= 0.6 is 22.9 Å². The van der Waals surface area contributed by atoms with Crippen LogP contribution in [0.15, 0.2) is 51.3 Å². The number of amides is 1. The average molecular weight is 381 g/mol. The van der Waals surface area contributed by atoms with Crippen molar-refractivity contribution in [2.24, 2.45) is 15.3 Å². The zero-order valence-electron chi connectivity index (χ0n) is 10.2. The van der Waals surface area contributed by atoms with Crippen molar-refractivity contribution in [2.75, 3.05) is 0 Å². The number of benzene rings is 1. The summed E-state index contributed by atoms with van der Waals surface area (Å²) in [4.78, 5) is 25.8. The number of halogens is 1. The van der Waals surface area contributed by atoms with E-state index in [4.69, 9.17) is 13.4 Å². The van der Waals surface area contributed by atoms with Gasteiger partial charge in [0.25, 0.3) is 5.91 Å². The molecule has 1 amide bonds. The summed E-state index contributed by atoms with van der Waals surface area (Å²) in [6.45, 7) is 0.197. The van der Waals surface area contributed by atoms with Crippen LogP contribution in [0.25, 0.3) is 0 Å². The highest BCUT2D eigenvalue weighted by Gasteiger charge is 2.15. The highest BCUT2D eigenvalue weighted by Crippen LogP contribution is 2.06. The van der Waals surface area contributed by atoms with Gasteiger partial charge in [-0.05, 0) is 10.7 Å². The van der Waals surface area contributed by atoms with Gasteiger partial charge in [-0.3, -0.25) is 13.3 Å². The first-order valence-corrected chi connectivity index (χ1v) is 6.40. The van der Waals surface area contributed by atoms with Crippen molar-refractivity contribution in [3.05, 3.63) is 46.5 Å². The highest BCUT2D eigenvalue weighted by atomic mass is 127. The molecule has 9 heteroatoms. The van der Waals surface area contributed by atoms with Gasteiger partial charge in [-0.25, -0.2) is 5.53 Å². The lowest BCUT2D eigenvalue weighted by atomic mass is 9.95.